The van der Waals surface area contributed by atoms with Crippen molar-refractivity contribution < 1.29 is 19.0 Å². The second-order valence-corrected chi connectivity index (χ2v) is 5.67. The second-order valence-electron chi connectivity index (χ2n) is 5.67. The van der Waals surface area contributed by atoms with Gasteiger partial charge in [0.15, 0.2) is 11.5 Å². The molecule has 0 aliphatic carbocycles. The molecule has 1 aromatic heterocycles. The molecule has 8 nitrogen and oxygen atoms in total. The summed E-state index contributed by atoms with van der Waals surface area (Å²) in [5.41, 5.74) is 1.27. The normalized spacial score (nSPS) is 10.5. The van der Waals surface area contributed by atoms with Crippen molar-refractivity contribution in [1.82, 2.24) is 4.68 Å². The van der Waals surface area contributed by atoms with Gasteiger partial charge in [0, 0.05) is 18.2 Å². The fourth-order valence-corrected chi connectivity index (χ4v) is 2.50. The minimum absolute atomic E-state index is 0.0399. The molecule has 0 spiro atoms. The Morgan fingerprint density at radius 1 is 1.19 bits per heavy atom. The van der Waals surface area contributed by atoms with E-state index in [1.54, 1.807) is 32.0 Å². The van der Waals surface area contributed by atoms with E-state index >= 15 is 0 Å². The van der Waals surface area contributed by atoms with Gasteiger partial charge in [-0.3, -0.25) is 9.59 Å². The second kappa shape index (κ2) is 8.19. The van der Waals surface area contributed by atoms with Crippen LogP contribution in [0.15, 0.2) is 28.1 Å². The topological polar surface area (TPSA) is 103 Å². The van der Waals surface area contributed by atoms with E-state index in [0.717, 1.165) is 4.68 Å². The van der Waals surface area contributed by atoms with E-state index in [9.17, 15) is 9.59 Å². The summed E-state index contributed by atoms with van der Waals surface area (Å²) >= 11 is 0. The Kier molecular flexibility index (Phi) is 5.98. The first-order valence-corrected chi connectivity index (χ1v) is 7.94. The SMILES string of the molecule is COc1cc(/C=N/n2c(C)cc(C)c(C#N)c2=O)cc(OC)c1OC(C)=O. The van der Waals surface area contributed by atoms with Crippen LogP contribution in [0.4, 0.5) is 0 Å². The maximum Gasteiger partial charge on any atom is 0.308 e. The Morgan fingerprint density at radius 2 is 1.78 bits per heavy atom. The smallest absolute Gasteiger partial charge is 0.308 e. The molecule has 0 unspecified atom stereocenters. The number of carbonyl (C=O) groups is 1. The third kappa shape index (κ3) is 4.15. The summed E-state index contributed by atoms with van der Waals surface area (Å²) in [5, 5.41) is 13.3. The number of rotatable bonds is 5. The molecule has 140 valence electrons. The van der Waals surface area contributed by atoms with Gasteiger partial charge in [0.1, 0.15) is 11.6 Å². The van der Waals surface area contributed by atoms with Crippen molar-refractivity contribution in [3.8, 4) is 23.3 Å². The number of nitrogens with zero attached hydrogens (tertiary/aromatic N) is 3. The largest absolute Gasteiger partial charge is 0.493 e. The molecule has 2 aromatic rings. The number of esters is 1. The van der Waals surface area contributed by atoms with Crippen LogP contribution < -0.4 is 19.8 Å². The molecular formula is C19H19N3O5. The van der Waals surface area contributed by atoms with Gasteiger partial charge >= 0.3 is 5.97 Å². The highest BCUT2D eigenvalue weighted by Crippen LogP contribution is 2.38. The first-order chi connectivity index (χ1) is 12.8. The molecule has 0 bridgehead atoms. The van der Waals surface area contributed by atoms with Crippen LogP contribution in [-0.2, 0) is 4.79 Å². The van der Waals surface area contributed by atoms with E-state index in [-0.39, 0.29) is 22.8 Å². The molecule has 0 aliphatic heterocycles. The maximum absolute atomic E-state index is 12.4. The van der Waals surface area contributed by atoms with Gasteiger partial charge < -0.3 is 14.2 Å². The van der Waals surface area contributed by atoms with Crippen molar-refractivity contribution in [3.63, 3.8) is 0 Å². The van der Waals surface area contributed by atoms with Crippen molar-refractivity contribution in [3.05, 3.63) is 50.9 Å². The van der Waals surface area contributed by atoms with E-state index in [4.69, 9.17) is 19.5 Å². The number of aryl methyl sites for hydroxylation is 2. The van der Waals surface area contributed by atoms with Gasteiger partial charge in [-0.25, -0.2) is 4.68 Å². The summed E-state index contributed by atoms with van der Waals surface area (Å²) in [6.07, 6.45) is 1.42. The van der Waals surface area contributed by atoms with Crippen LogP contribution in [0.5, 0.6) is 17.2 Å². The number of hydrogen-bond donors (Lipinski definition) is 0. The fourth-order valence-electron chi connectivity index (χ4n) is 2.50. The fraction of sp³-hybridized carbons (Fsp3) is 0.263. The summed E-state index contributed by atoms with van der Waals surface area (Å²) < 4.78 is 16.8. The predicted octanol–water partition coefficient (Wildman–Crippen LogP) is 2.16. The molecule has 27 heavy (non-hydrogen) atoms. The first-order valence-electron chi connectivity index (χ1n) is 7.94. The van der Waals surface area contributed by atoms with E-state index in [0.29, 0.717) is 16.8 Å². The zero-order valence-electron chi connectivity index (χ0n) is 15.7. The van der Waals surface area contributed by atoms with Gasteiger partial charge in [0.05, 0.1) is 20.4 Å². The van der Waals surface area contributed by atoms with E-state index in [1.807, 2.05) is 6.07 Å². The van der Waals surface area contributed by atoms with E-state index in [2.05, 4.69) is 5.10 Å². The molecular weight excluding hydrogens is 350 g/mol. The number of benzene rings is 1. The number of methoxy groups -OCH3 is 2. The van der Waals surface area contributed by atoms with Crippen LogP contribution in [0.3, 0.4) is 0 Å². The van der Waals surface area contributed by atoms with Crippen LogP contribution in [0, 0.1) is 25.2 Å². The van der Waals surface area contributed by atoms with Crippen LogP contribution >= 0.6 is 0 Å². The third-order valence-electron chi connectivity index (χ3n) is 3.72. The van der Waals surface area contributed by atoms with Gasteiger partial charge in [-0.15, -0.1) is 0 Å². The predicted molar refractivity (Wildman–Crippen MR) is 98.7 cm³/mol. The number of carbonyl (C=O) groups excluding carboxylic acids is 1. The van der Waals surface area contributed by atoms with Crippen LogP contribution in [0.25, 0.3) is 0 Å². The molecule has 1 aromatic carbocycles. The lowest BCUT2D eigenvalue weighted by Crippen LogP contribution is -2.22. The molecule has 8 heteroatoms. The van der Waals surface area contributed by atoms with Crippen LogP contribution in [0.2, 0.25) is 0 Å². The zero-order valence-corrected chi connectivity index (χ0v) is 15.7. The summed E-state index contributed by atoms with van der Waals surface area (Å²) in [5.74, 6) is 0.187. The lowest BCUT2D eigenvalue weighted by molar-refractivity contribution is -0.132. The number of ether oxygens (including phenoxy) is 3. The number of aromatic nitrogens is 1. The minimum atomic E-state index is -0.515. The highest BCUT2D eigenvalue weighted by Gasteiger charge is 2.16. The van der Waals surface area contributed by atoms with Gasteiger partial charge in [0.25, 0.3) is 5.56 Å². The van der Waals surface area contributed by atoms with Crippen molar-refractivity contribution in [2.75, 3.05) is 14.2 Å². The van der Waals surface area contributed by atoms with Gasteiger partial charge in [-0.1, -0.05) is 0 Å². The molecule has 0 radical (unpaired) electrons. The number of nitriles is 1. The molecule has 1 heterocycles. The third-order valence-corrected chi connectivity index (χ3v) is 3.72. The van der Waals surface area contributed by atoms with Crippen molar-refractivity contribution in [2.24, 2.45) is 5.10 Å². The van der Waals surface area contributed by atoms with Crippen molar-refractivity contribution >= 4 is 12.2 Å². The molecule has 0 atom stereocenters. The number of hydrogen-bond acceptors (Lipinski definition) is 7. The Morgan fingerprint density at radius 3 is 2.26 bits per heavy atom. The minimum Gasteiger partial charge on any atom is -0.493 e. The summed E-state index contributed by atoms with van der Waals surface area (Å²) in [4.78, 5) is 23.7. The highest BCUT2D eigenvalue weighted by atomic mass is 16.6. The zero-order chi connectivity index (χ0) is 20.1. The summed E-state index contributed by atoms with van der Waals surface area (Å²) in [7, 11) is 2.85. The quantitative estimate of drug-likeness (QED) is 0.455. The number of pyridine rings is 1. The van der Waals surface area contributed by atoms with Gasteiger partial charge in [0.2, 0.25) is 5.75 Å². The lowest BCUT2D eigenvalue weighted by Gasteiger charge is -2.13. The van der Waals surface area contributed by atoms with Crippen molar-refractivity contribution in [2.45, 2.75) is 20.8 Å². The molecule has 0 saturated heterocycles. The molecule has 0 fully saturated rings. The maximum atomic E-state index is 12.4. The summed E-state index contributed by atoms with van der Waals surface area (Å²) in [6, 6.07) is 6.78. The standard InChI is InChI=1S/C19H19N3O5/c1-11-6-12(2)22(19(24)15(11)9-20)21-10-14-7-16(25-4)18(27-13(3)23)17(8-14)26-5/h6-8,10H,1-5H3/b21-10+. The van der Waals surface area contributed by atoms with Crippen molar-refractivity contribution in [1.29, 1.82) is 5.26 Å². The van der Waals surface area contributed by atoms with Crippen LogP contribution in [0.1, 0.15) is 29.3 Å². The summed E-state index contributed by atoms with van der Waals surface area (Å²) in [6.45, 7) is 4.69. The van der Waals surface area contributed by atoms with Gasteiger partial charge in [-0.2, -0.15) is 10.4 Å². The Balaban J connectivity index is 2.54. The lowest BCUT2D eigenvalue weighted by atomic mass is 10.1. The first kappa shape index (κ1) is 19.7. The molecule has 0 amide bonds. The average Bonchev–Trinajstić information content (AvgIpc) is 2.61. The average molecular weight is 369 g/mol. The Bertz CT molecular complexity index is 990. The Hall–Kier alpha value is -3.60. The molecule has 0 saturated carbocycles. The molecule has 2 rings (SSSR count). The van der Waals surface area contributed by atoms with Crippen LogP contribution in [-0.4, -0.2) is 31.1 Å². The molecule has 0 aliphatic rings. The van der Waals surface area contributed by atoms with E-state index < -0.39 is 11.5 Å². The van der Waals surface area contributed by atoms with E-state index in [1.165, 1.54) is 27.4 Å². The molecule has 0 N–H and O–H groups in total. The van der Waals surface area contributed by atoms with Gasteiger partial charge in [-0.05, 0) is 37.6 Å². The monoisotopic (exact) mass is 369 g/mol. The Labute approximate surface area is 156 Å². The highest BCUT2D eigenvalue weighted by molar-refractivity contribution is 5.83.